The van der Waals surface area contributed by atoms with E-state index in [9.17, 15) is 0 Å². The molecule has 1 aliphatic rings. The molecule has 14 heavy (non-hydrogen) atoms. The molecule has 1 aromatic rings. The van der Waals surface area contributed by atoms with Crippen LogP contribution in [0.2, 0.25) is 0 Å². The molecule has 0 aromatic carbocycles. The third kappa shape index (κ3) is 2.00. The van der Waals surface area contributed by atoms with Crippen LogP contribution in [-0.4, -0.2) is 17.3 Å². The fourth-order valence-corrected chi connectivity index (χ4v) is 3.39. The molecular weight excluding hydrogens is 194 g/mol. The number of nitrogens with two attached hydrogens (primary N) is 1. The Balaban J connectivity index is 2.11. The van der Waals surface area contributed by atoms with E-state index < -0.39 is 5.54 Å². The first kappa shape index (κ1) is 10.1. The lowest BCUT2D eigenvalue weighted by Crippen LogP contribution is -2.42. The largest absolute Gasteiger partial charge is 0.394 e. The van der Waals surface area contributed by atoms with E-state index in [1.807, 2.05) is 18.3 Å². The fraction of sp³-hybridized carbons (Fsp3) is 0.636. The minimum atomic E-state index is -0.460. The van der Waals surface area contributed by atoms with Crippen LogP contribution in [0.25, 0.3) is 0 Å². The Morgan fingerprint density at radius 3 is 3.00 bits per heavy atom. The number of thiophene rings is 1. The summed E-state index contributed by atoms with van der Waals surface area (Å²) in [6, 6.07) is 2.27. The standard InChI is InChI=1S/C11H17NOS/c1-11(12,7-13)6-9-5-8-3-2-4-10(8)14-9/h5,13H,2-4,6-7,12H2,1H3. The first-order chi connectivity index (χ1) is 6.61. The van der Waals surface area contributed by atoms with Crippen molar-refractivity contribution in [3.63, 3.8) is 0 Å². The van der Waals surface area contributed by atoms with Gasteiger partial charge in [0.2, 0.25) is 0 Å². The first-order valence-electron chi connectivity index (χ1n) is 5.11. The number of aliphatic hydroxyl groups is 1. The van der Waals surface area contributed by atoms with Crippen LogP contribution in [-0.2, 0) is 19.3 Å². The number of hydrogen-bond donors (Lipinski definition) is 2. The van der Waals surface area contributed by atoms with Crippen molar-refractivity contribution in [3.8, 4) is 0 Å². The molecule has 0 amide bonds. The molecule has 1 aliphatic carbocycles. The predicted molar refractivity (Wildman–Crippen MR) is 59.7 cm³/mol. The maximum Gasteiger partial charge on any atom is 0.0612 e. The zero-order valence-corrected chi connectivity index (χ0v) is 9.36. The lowest BCUT2D eigenvalue weighted by atomic mass is 9.99. The molecule has 78 valence electrons. The summed E-state index contributed by atoms with van der Waals surface area (Å²) >= 11 is 1.87. The number of rotatable bonds is 3. The highest BCUT2D eigenvalue weighted by Gasteiger charge is 2.21. The van der Waals surface area contributed by atoms with E-state index in [1.165, 1.54) is 34.6 Å². The maximum atomic E-state index is 9.08. The minimum Gasteiger partial charge on any atom is -0.394 e. The molecule has 3 heteroatoms. The third-order valence-electron chi connectivity index (χ3n) is 2.74. The van der Waals surface area contributed by atoms with E-state index in [4.69, 9.17) is 10.8 Å². The normalized spacial score (nSPS) is 19.4. The first-order valence-corrected chi connectivity index (χ1v) is 5.92. The number of fused-ring (bicyclic) bond motifs is 1. The van der Waals surface area contributed by atoms with Crippen molar-refractivity contribution in [3.05, 3.63) is 21.4 Å². The summed E-state index contributed by atoms with van der Waals surface area (Å²) in [5, 5.41) is 9.08. The molecule has 2 rings (SSSR count). The average molecular weight is 211 g/mol. The minimum absolute atomic E-state index is 0.0512. The zero-order valence-electron chi connectivity index (χ0n) is 8.55. The van der Waals surface area contributed by atoms with E-state index in [1.54, 1.807) is 0 Å². The van der Waals surface area contributed by atoms with E-state index >= 15 is 0 Å². The van der Waals surface area contributed by atoms with E-state index in [-0.39, 0.29) is 6.61 Å². The SMILES string of the molecule is CC(N)(CO)Cc1cc2c(s1)CCC2. The number of aryl methyl sites for hydroxylation is 2. The molecule has 0 spiro atoms. The van der Waals surface area contributed by atoms with Gasteiger partial charge in [-0.1, -0.05) is 0 Å². The summed E-state index contributed by atoms with van der Waals surface area (Å²) in [5.41, 5.74) is 6.98. The van der Waals surface area contributed by atoms with Crippen molar-refractivity contribution >= 4 is 11.3 Å². The molecular formula is C11H17NOS. The molecule has 1 unspecified atom stereocenters. The van der Waals surface area contributed by atoms with Gasteiger partial charge in [-0.05, 0) is 37.8 Å². The van der Waals surface area contributed by atoms with Crippen LogP contribution >= 0.6 is 11.3 Å². The van der Waals surface area contributed by atoms with Gasteiger partial charge in [0.05, 0.1) is 6.61 Å². The molecule has 2 nitrogen and oxygen atoms in total. The van der Waals surface area contributed by atoms with Gasteiger partial charge in [0.25, 0.3) is 0 Å². The van der Waals surface area contributed by atoms with Crippen molar-refractivity contribution < 1.29 is 5.11 Å². The Kier molecular flexibility index (Phi) is 2.64. The van der Waals surface area contributed by atoms with Gasteiger partial charge < -0.3 is 10.8 Å². The van der Waals surface area contributed by atoms with Gasteiger partial charge in [-0.25, -0.2) is 0 Å². The zero-order chi connectivity index (χ0) is 10.2. The molecule has 0 bridgehead atoms. The van der Waals surface area contributed by atoms with E-state index in [0.717, 1.165) is 6.42 Å². The maximum absolute atomic E-state index is 9.08. The van der Waals surface area contributed by atoms with Gasteiger partial charge >= 0.3 is 0 Å². The summed E-state index contributed by atoms with van der Waals surface area (Å²) in [4.78, 5) is 2.86. The fourth-order valence-electron chi connectivity index (χ4n) is 1.93. The van der Waals surface area contributed by atoms with Crippen molar-refractivity contribution in [2.75, 3.05) is 6.61 Å². The topological polar surface area (TPSA) is 46.2 Å². The van der Waals surface area contributed by atoms with Crippen molar-refractivity contribution in [2.24, 2.45) is 5.73 Å². The Bertz CT molecular complexity index is 309. The van der Waals surface area contributed by atoms with Crippen LogP contribution < -0.4 is 5.73 Å². The molecule has 1 heterocycles. The summed E-state index contributed by atoms with van der Waals surface area (Å²) < 4.78 is 0. The Morgan fingerprint density at radius 2 is 2.36 bits per heavy atom. The molecule has 0 fully saturated rings. The molecule has 1 aromatic heterocycles. The summed E-state index contributed by atoms with van der Waals surface area (Å²) in [6.45, 7) is 1.95. The number of aliphatic hydroxyl groups excluding tert-OH is 1. The van der Waals surface area contributed by atoms with Crippen LogP contribution in [0.5, 0.6) is 0 Å². The highest BCUT2D eigenvalue weighted by molar-refractivity contribution is 7.12. The number of hydrogen-bond acceptors (Lipinski definition) is 3. The second-order valence-electron chi connectivity index (χ2n) is 4.50. The van der Waals surface area contributed by atoms with Crippen molar-refractivity contribution in [1.82, 2.24) is 0 Å². The third-order valence-corrected chi connectivity index (χ3v) is 3.97. The van der Waals surface area contributed by atoms with E-state index in [0.29, 0.717) is 0 Å². The summed E-state index contributed by atoms with van der Waals surface area (Å²) in [5.74, 6) is 0. The molecule has 1 atom stereocenters. The van der Waals surface area contributed by atoms with Crippen LogP contribution in [0.3, 0.4) is 0 Å². The summed E-state index contributed by atoms with van der Waals surface area (Å²) in [6.07, 6.45) is 4.56. The second-order valence-corrected chi connectivity index (χ2v) is 5.72. The Hall–Kier alpha value is -0.380. The van der Waals surface area contributed by atoms with Gasteiger partial charge in [-0.2, -0.15) is 0 Å². The Labute approximate surface area is 88.8 Å². The molecule has 0 saturated heterocycles. The van der Waals surface area contributed by atoms with Gasteiger partial charge in [0.1, 0.15) is 0 Å². The molecule has 0 aliphatic heterocycles. The van der Waals surface area contributed by atoms with Gasteiger partial charge in [-0.3, -0.25) is 0 Å². The van der Waals surface area contributed by atoms with Gasteiger partial charge in [-0.15, -0.1) is 11.3 Å². The van der Waals surface area contributed by atoms with Crippen LogP contribution in [0, 0.1) is 0 Å². The molecule has 0 saturated carbocycles. The quantitative estimate of drug-likeness (QED) is 0.795. The highest BCUT2D eigenvalue weighted by atomic mass is 32.1. The lowest BCUT2D eigenvalue weighted by Gasteiger charge is -2.20. The second kappa shape index (κ2) is 3.65. The van der Waals surface area contributed by atoms with Crippen LogP contribution in [0.15, 0.2) is 6.07 Å². The molecule has 3 N–H and O–H groups in total. The van der Waals surface area contributed by atoms with Crippen LogP contribution in [0.4, 0.5) is 0 Å². The van der Waals surface area contributed by atoms with Crippen molar-refractivity contribution in [1.29, 1.82) is 0 Å². The molecule has 0 radical (unpaired) electrons. The van der Waals surface area contributed by atoms with E-state index in [2.05, 4.69) is 6.07 Å². The summed E-state index contributed by atoms with van der Waals surface area (Å²) in [7, 11) is 0. The van der Waals surface area contributed by atoms with Gasteiger partial charge in [0.15, 0.2) is 0 Å². The Morgan fingerprint density at radius 1 is 1.57 bits per heavy atom. The smallest absolute Gasteiger partial charge is 0.0612 e. The monoisotopic (exact) mass is 211 g/mol. The van der Waals surface area contributed by atoms with Crippen molar-refractivity contribution in [2.45, 2.75) is 38.1 Å². The predicted octanol–water partition coefficient (Wildman–Crippen LogP) is 1.49. The van der Waals surface area contributed by atoms with Gasteiger partial charge in [0, 0.05) is 21.7 Å². The lowest BCUT2D eigenvalue weighted by molar-refractivity contribution is 0.209. The highest BCUT2D eigenvalue weighted by Crippen LogP contribution is 2.31. The van der Waals surface area contributed by atoms with Crippen LogP contribution in [0.1, 0.15) is 28.7 Å². The average Bonchev–Trinajstić information content (AvgIpc) is 2.63.